The quantitative estimate of drug-likeness (QED) is 0.749. The first kappa shape index (κ1) is 14.6. The van der Waals surface area contributed by atoms with E-state index in [4.69, 9.17) is 10.2 Å². The molecule has 0 radical (unpaired) electrons. The van der Waals surface area contributed by atoms with Gasteiger partial charge < -0.3 is 14.8 Å². The molecule has 0 amide bonds. The number of unbranched alkanes of at least 4 members (excludes halogenated alkanes) is 2. The minimum absolute atomic E-state index is 1.12. The number of carboxylic acid groups (broad SMARTS) is 1. The molecule has 0 aromatic carbocycles. The Bertz CT molecular complexity index is 271. The van der Waals surface area contributed by atoms with Crippen LogP contribution in [0.4, 0.5) is 0 Å². The van der Waals surface area contributed by atoms with E-state index >= 15 is 0 Å². The molecule has 1 aromatic heterocycles. The van der Waals surface area contributed by atoms with Gasteiger partial charge in [-0.2, -0.15) is 0 Å². The molecule has 16 heavy (non-hydrogen) atoms. The molecule has 2 N–H and O–H groups in total. The van der Waals surface area contributed by atoms with Gasteiger partial charge in [0.05, 0.1) is 6.33 Å². The summed E-state index contributed by atoms with van der Waals surface area (Å²) in [5.41, 5.74) is 0. The molecule has 1 atom stereocenters. The first-order valence-corrected chi connectivity index (χ1v) is 5.44. The molecule has 0 saturated carbocycles. The number of aryl methyl sites for hydroxylation is 1. The number of aliphatic carboxylic acids is 1. The number of aromatic nitrogens is 2. The Hall–Kier alpha value is -1.36. The lowest BCUT2D eigenvalue weighted by atomic mass is 10.2. The lowest BCUT2D eigenvalue weighted by molar-refractivity contribution is -0.145. The van der Waals surface area contributed by atoms with Gasteiger partial charge in [0.2, 0.25) is 0 Å². The van der Waals surface area contributed by atoms with E-state index in [9.17, 15) is 4.79 Å². The number of rotatable bonds is 5. The van der Waals surface area contributed by atoms with Crippen LogP contribution in [0.2, 0.25) is 0 Å². The van der Waals surface area contributed by atoms with Gasteiger partial charge >= 0.3 is 5.97 Å². The average Bonchev–Trinajstić information content (AvgIpc) is 2.72. The van der Waals surface area contributed by atoms with Crippen molar-refractivity contribution in [3.05, 3.63) is 18.7 Å². The summed E-state index contributed by atoms with van der Waals surface area (Å²) < 4.78 is 2.12. The molecule has 0 aliphatic rings. The van der Waals surface area contributed by atoms with Gasteiger partial charge in [-0.05, 0) is 13.3 Å². The zero-order chi connectivity index (χ0) is 12.4. The van der Waals surface area contributed by atoms with Gasteiger partial charge in [-0.1, -0.05) is 19.8 Å². The lowest BCUT2D eigenvalue weighted by Crippen LogP contribution is -2.13. The summed E-state index contributed by atoms with van der Waals surface area (Å²) in [4.78, 5) is 13.4. The summed E-state index contributed by atoms with van der Waals surface area (Å²) >= 11 is 0. The van der Waals surface area contributed by atoms with Crippen LogP contribution in [-0.4, -0.2) is 31.8 Å². The second-order valence-corrected chi connectivity index (χ2v) is 3.52. The number of aliphatic hydroxyl groups excluding tert-OH is 1. The van der Waals surface area contributed by atoms with Crippen LogP contribution in [0.1, 0.15) is 33.1 Å². The number of imidazole rings is 1. The van der Waals surface area contributed by atoms with E-state index < -0.39 is 12.1 Å². The number of aliphatic hydroxyl groups is 1. The second-order valence-electron chi connectivity index (χ2n) is 3.52. The predicted octanol–water partition coefficient (Wildman–Crippen LogP) is 1.53. The molecule has 5 nitrogen and oxygen atoms in total. The van der Waals surface area contributed by atoms with Crippen LogP contribution >= 0.6 is 0 Å². The second kappa shape index (κ2) is 8.91. The molecule has 1 heterocycles. The molecule has 0 aliphatic heterocycles. The maximum Gasteiger partial charge on any atom is 0.332 e. The molecule has 92 valence electrons. The summed E-state index contributed by atoms with van der Waals surface area (Å²) in [6.07, 6.45) is 8.35. The molecule has 1 aromatic rings. The first-order valence-electron chi connectivity index (χ1n) is 5.44. The summed E-state index contributed by atoms with van der Waals surface area (Å²) in [5, 5.41) is 15.8. The van der Waals surface area contributed by atoms with Crippen molar-refractivity contribution in [1.29, 1.82) is 0 Å². The predicted molar refractivity (Wildman–Crippen MR) is 61.1 cm³/mol. The highest BCUT2D eigenvalue weighted by molar-refractivity contribution is 5.71. The highest BCUT2D eigenvalue weighted by Gasteiger charge is 2.01. The van der Waals surface area contributed by atoms with Crippen LogP contribution in [-0.2, 0) is 11.3 Å². The van der Waals surface area contributed by atoms with Crippen molar-refractivity contribution in [2.75, 3.05) is 0 Å². The fourth-order valence-corrected chi connectivity index (χ4v) is 0.963. The number of carboxylic acids is 1. The maximum absolute atomic E-state index is 9.45. The SMILES string of the molecule is CC(O)C(=O)O.CCCCCn1ccnc1. The maximum atomic E-state index is 9.45. The average molecular weight is 228 g/mol. The molecule has 1 rings (SSSR count). The lowest BCUT2D eigenvalue weighted by Gasteiger charge is -1.98. The summed E-state index contributed by atoms with van der Waals surface area (Å²) in [6.45, 7) is 4.53. The molecule has 0 bridgehead atoms. The zero-order valence-corrected chi connectivity index (χ0v) is 9.83. The normalized spacial score (nSPS) is 11.4. The van der Waals surface area contributed by atoms with E-state index in [1.807, 2.05) is 18.7 Å². The van der Waals surface area contributed by atoms with Crippen molar-refractivity contribution >= 4 is 5.97 Å². The molecule has 0 fully saturated rings. The van der Waals surface area contributed by atoms with E-state index in [-0.39, 0.29) is 0 Å². The van der Waals surface area contributed by atoms with Gasteiger partial charge in [0.15, 0.2) is 0 Å². The van der Waals surface area contributed by atoms with E-state index in [0.29, 0.717) is 0 Å². The monoisotopic (exact) mass is 228 g/mol. The van der Waals surface area contributed by atoms with E-state index in [2.05, 4.69) is 16.5 Å². The van der Waals surface area contributed by atoms with Gasteiger partial charge in [0.25, 0.3) is 0 Å². The molecular formula is C11H20N2O3. The van der Waals surface area contributed by atoms with Crippen LogP contribution in [0.15, 0.2) is 18.7 Å². The van der Waals surface area contributed by atoms with E-state index in [1.165, 1.54) is 26.2 Å². The van der Waals surface area contributed by atoms with Crippen LogP contribution in [0, 0.1) is 0 Å². The zero-order valence-electron chi connectivity index (χ0n) is 9.83. The van der Waals surface area contributed by atoms with Gasteiger partial charge in [-0.3, -0.25) is 0 Å². The third-order valence-electron chi connectivity index (χ3n) is 1.94. The van der Waals surface area contributed by atoms with Crippen LogP contribution < -0.4 is 0 Å². The third-order valence-corrected chi connectivity index (χ3v) is 1.94. The Labute approximate surface area is 95.7 Å². The summed E-state index contributed by atoms with van der Waals surface area (Å²) in [5.74, 6) is -1.19. The fourth-order valence-electron chi connectivity index (χ4n) is 0.963. The van der Waals surface area contributed by atoms with Crippen molar-refractivity contribution in [2.24, 2.45) is 0 Å². The molecule has 0 saturated heterocycles. The summed E-state index contributed by atoms with van der Waals surface area (Å²) in [7, 11) is 0. The number of nitrogens with zero attached hydrogens (tertiary/aromatic N) is 2. The summed E-state index contributed by atoms with van der Waals surface area (Å²) in [6, 6.07) is 0. The van der Waals surface area contributed by atoms with Gasteiger partial charge in [-0.25, -0.2) is 9.78 Å². The van der Waals surface area contributed by atoms with Crippen LogP contribution in [0.3, 0.4) is 0 Å². The standard InChI is InChI=1S/C8H14N2.C3H6O3/c1-2-3-4-6-10-7-5-9-8-10;1-2(4)3(5)6/h5,7-8H,2-4,6H2,1H3;2,4H,1H3,(H,5,6). The minimum Gasteiger partial charge on any atom is -0.479 e. The van der Waals surface area contributed by atoms with Gasteiger partial charge in [0.1, 0.15) is 6.10 Å². The topological polar surface area (TPSA) is 75.3 Å². The Morgan fingerprint density at radius 1 is 1.50 bits per heavy atom. The van der Waals surface area contributed by atoms with E-state index in [0.717, 1.165) is 6.54 Å². The van der Waals surface area contributed by atoms with Crippen molar-refractivity contribution in [3.63, 3.8) is 0 Å². The fraction of sp³-hybridized carbons (Fsp3) is 0.636. The Kier molecular flexibility index (Phi) is 8.15. The minimum atomic E-state index is -1.23. The van der Waals surface area contributed by atoms with Crippen LogP contribution in [0.5, 0.6) is 0 Å². The molecule has 0 spiro atoms. The number of hydrogen-bond donors (Lipinski definition) is 2. The Morgan fingerprint density at radius 3 is 2.50 bits per heavy atom. The van der Waals surface area contributed by atoms with Gasteiger partial charge in [-0.15, -0.1) is 0 Å². The molecule has 5 heteroatoms. The highest BCUT2D eigenvalue weighted by atomic mass is 16.4. The smallest absolute Gasteiger partial charge is 0.332 e. The van der Waals surface area contributed by atoms with Crippen molar-refractivity contribution in [2.45, 2.75) is 45.8 Å². The largest absolute Gasteiger partial charge is 0.479 e. The molecular weight excluding hydrogens is 208 g/mol. The highest BCUT2D eigenvalue weighted by Crippen LogP contribution is 1.97. The number of carbonyl (C=O) groups is 1. The van der Waals surface area contributed by atoms with Crippen molar-refractivity contribution in [1.82, 2.24) is 9.55 Å². The third kappa shape index (κ3) is 7.99. The van der Waals surface area contributed by atoms with Crippen molar-refractivity contribution in [3.8, 4) is 0 Å². The van der Waals surface area contributed by atoms with Gasteiger partial charge in [0, 0.05) is 18.9 Å². The first-order chi connectivity index (χ1) is 7.57. The number of hydrogen-bond acceptors (Lipinski definition) is 3. The Balaban J connectivity index is 0.000000325. The van der Waals surface area contributed by atoms with E-state index in [1.54, 1.807) is 0 Å². The molecule has 1 unspecified atom stereocenters. The Morgan fingerprint density at radius 2 is 2.12 bits per heavy atom. The van der Waals surface area contributed by atoms with Crippen molar-refractivity contribution < 1.29 is 15.0 Å². The molecule has 0 aliphatic carbocycles. The van der Waals surface area contributed by atoms with Crippen LogP contribution in [0.25, 0.3) is 0 Å².